The largest absolute Gasteiger partial charge is 0.494 e. The first-order chi connectivity index (χ1) is 16.2. The Morgan fingerprint density at radius 3 is 2.65 bits per heavy atom. The highest BCUT2D eigenvalue weighted by atomic mass is 19.1. The van der Waals surface area contributed by atoms with Gasteiger partial charge in [0.05, 0.1) is 12.8 Å². The SMILES string of the molecule is COc1cc(OCCF)cc(C)c1NC(=O)c1ccc(Oc2cc3c(cc2C)CCC3(C)C)o1. The Morgan fingerprint density at radius 1 is 1.12 bits per heavy atom. The van der Waals surface area contributed by atoms with Crippen LogP contribution in [-0.2, 0) is 11.8 Å². The Balaban J connectivity index is 1.51. The van der Waals surface area contributed by atoms with Crippen LogP contribution >= 0.6 is 0 Å². The van der Waals surface area contributed by atoms with Crippen LogP contribution in [0.4, 0.5) is 10.1 Å². The molecule has 0 saturated carbocycles. The number of aryl methyl sites for hydroxylation is 3. The number of carbonyl (C=O) groups is 1. The van der Waals surface area contributed by atoms with Crippen LogP contribution in [0.2, 0.25) is 0 Å². The minimum Gasteiger partial charge on any atom is -0.494 e. The molecule has 6 nitrogen and oxygen atoms in total. The van der Waals surface area contributed by atoms with E-state index in [9.17, 15) is 9.18 Å². The van der Waals surface area contributed by atoms with Crippen LogP contribution in [0.5, 0.6) is 23.2 Å². The van der Waals surface area contributed by atoms with Crippen molar-refractivity contribution in [2.75, 3.05) is 25.7 Å². The maximum atomic E-state index is 12.9. The number of methoxy groups -OCH3 is 1. The Bertz CT molecular complexity index is 1210. The van der Waals surface area contributed by atoms with Crippen molar-refractivity contribution in [3.05, 3.63) is 64.4 Å². The fourth-order valence-electron chi connectivity index (χ4n) is 4.34. The summed E-state index contributed by atoms with van der Waals surface area (Å²) in [6.45, 7) is 7.64. The second-order valence-corrected chi connectivity index (χ2v) is 9.19. The number of amides is 1. The third kappa shape index (κ3) is 4.74. The zero-order valence-electron chi connectivity index (χ0n) is 20.2. The van der Waals surface area contributed by atoms with Crippen LogP contribution < -0.4 is 19.5 Å². The quantitative estimate of drug-likeness (QED) is 0.408. The first kappa shape index (κ1) is 23.7. The van der Waals surface area contributed by atoms with Gasteiger partial charge in [0.15, 0.2) is 5.76 Å². The fraction of sp³-hybridized carbons (Fsp3) is 0.370. The number of hydrogen-bond acceptors (Lipinski definition) is 5. The molecule has 0 atom stereocenters. The molecular formula is C27H30FNO5. The predicted molar refractivity (Wildman–Crippen MR) is 128 cm³/mol. The highest BCUT2D eigenvalue weighted by molar-refractivity contribution is 6.03. The molecule has 180 valence electrons. The van der Waals surface area contributed by atoms with Crippen LogP contribution in [0.3, 0.4) is 0 Å². The number of ether oxygens (including phenoxy) is 3. The molecule has 0 fully saturated rings. The summed E-state index contributed by atoms with van der Waals surface area (Å²) in [5.74, 6) is 1.49. The zero-order valence-corrected chi connectivity index (χ0v) is 20.2. The summed E-state index contributed by atoms with van der Waals surface area (Å²) >= 11 is 0. The Morgan fingerprint density at radius 2 is 1.91 bits per heavy atom. The molecule has 1 aliphatic carbocycles. The van der Waals surface area contributed by atoms with Crippen LogP contribution in [0.15, 0.2) is 40.8 Å². The molecule has 1 aliphatic rings. The molecule has 0 spiro atoms. The molecule has 7 heteroatoms. The van der Waals surface area contributed by atoms with Crippen LogP contribution in [0, 0.1) is 13.8 Å². The lowest BCUT2D eigenvalue weighted by atomic mass is 9.86. The Labute approximate surface area is 199 Å². The molecule has 0 saturated heterocycles. The van der Waals surface area contributed by atoms with Crippen molar-refractivity contribution in [3.63, 3.8) is 0 Å². The van der Waals surface area contributed by atoms with E-state index in [0.717, 1.165) is 24.2 Å². The number of furan rings is 1. The van der Waals surface area contributed by atoms with E-state index in [2.05, 4.69) is 31.3 Å². The van der Waals surface area contributed by atoms with E-state index >= 15 is 0 Å². The number of benzene rings is 2. The summed E-state index contributed by atoms with van der Waals surface area (Å²) in [5.41, 5.74) is 4.98. The Kier molecular flexibility index (Phi) is 6.55. The van der Waals surface area contributed by atoms with Gasteiger partial charge in [-0.1, -0.05) is 19.9 Å². The molecule has 1 N–H and O–H groups in total. The van der Waals surface area contributed by atoms with Crippen molar-refractivity contribution in [1.29, 1.82) is 0 Å². The molecule has 0 aliphatic heterocycles. The van der Waals surface area contributed by atoms with E-state index in [1.807, 2.05) is 6.92 Å². The molecule has 2 aromatic carbocycles. The minimum absolute atomic E-state index is 0.0509. The van der Waals surface area contributed by atoms with Gasteiger partial charge in [-0.3, -0.25) is 4.79 Å². The molecule has 0 unspecified atom stereocenters. The van der Waals surface area contributed by atoms with E-state index in [1.54, 1.807) is 31.2 Å². The molecule has 0 bridgehead atoms. The average molecular weight is 468 g/mol. The summed E-state index contributed by atoms with van der Waals surface area (Å²) in [5, 5.41) is 2.82. The van der Waals surface area contributed by atoms with E-state index in [-0.39, 0.29) is 23.7 Å². The van der Waals surface area contributed by atoms with Gasteiger partial charge >= 0.3 is 0 Å². The standard InChI is InChI=1S/C27H30FNO5/c1-16-12-18-8-9-27(3,4)20(18)15-22(16)34-24-7-6-21(33-24)26(30)29-25-17(2)13-19(32-11-10-28)14-23(25)31-5/h6-7,12-15H,8-11H2,1-5H3,(H,29,30). The summed E-state index contributed by atoms with van der Waals surface area (Å²) < 4.78 is 34.9. The lowest BCUT2D eigenvalue weighted by Gasteiger charge is -2.20. The van der Waals surface area contributed by atoms with Crippen LogP contribution in [0.1, 0.15) is 53.1 Å². The highest BCUT2D eigenvalue weighted by Crippen LogP contribution is 2.42. The van der Waals surface area contributed by atoms with Gasteiger partial charge in [-0.05, 0) is 72.6 Å². The van der Waals surface area contributed by atoms with Crippen LogP contribution in [-0.4, -0.2) is 26.3 Å². The van der Waals surface area contributed by atoms with E-state index in [0.29, 0.717) is 22.7 Å². The maximum absolute atomic E-state index is 12.9. The van der Waals surface area contributed by atoms with Gasteiger partial charge in [-0.25, -0.2) is 4.39 Å². The predicted octanol–water partition coefficient (Wildman–Crippen LogP) is 6.52. The van der Waals surface area contributed by atoms with Gasteiger partial charge in [0.2, 0.25) is 0 Å². The third-order valence-electron chi connectivity index (χ3n) is 6.24. The Hall–Kier alpha value is -3.48. The topological polar surface area (TPSA) is 69.9 Å². The summed E-state index contributed by atoms with van der Waals surface area (Å²) in [7, 11) is 1.49. The highest BCUT2D eigenvalue weighted by Gasteiger charge is 2.31. The van der Waals surface area contributed by atoms with Gasteiger partial charge < -0.3 is 23.9 Å². The zero-order chi connectivity index (χ0) is 24.5. The van der Waals surface area contributed by atoms with Crippen molar-refractivity contribution >= 4 is 11.6 Å². The molecule has 1 amide bonds. The number of nitrogens with one attached hydrogen (secondary N) is 1. The maximum Gasteiger partial charge on any atom is 0.291 e. The van der Waals surface area contributed by atoms with Crippen molar-refractivity contribution in [1.82, 2.24) is 0 Å². The molecular weight excluding hydrogens is 437 g/mol. The average Bonchev–Trinajstić information content (AvgIpc) is 3.38. The minimum atomic E-state index is -0.592. The molecule has 3 aromatic rings. The molecule has 1 heterocycles. The number of fused-ring (bicyclic) bond motifs is 1. The lowest BCUT2D eigenvalue weighted by Crippen LogP contribution is -2.13. The summed E-state index contributed by atoms with van der Waals surface area (Å²) in [6.07, 6.45) is 2.18. The summed E-state index contributed by atoms with van der Waals surface area (Å²) in [6, 6.07) is 10.8. The number of carbonyl (C=O) groups excluding carboxylic acids is 1. The van der Waals surface area contributed by atoms with Gasteiger partial charge in [-0.2, -0.15) is 0 Å². The monoisotopic (exact) mass is 467 g/mol. The first-order valence-corrected chi connectivity index (χ1v) is 11.3. The number of rotatable bonds is 8. The van der Waals surface area contributed by atoms with Crippen LogP contribution in [0.25, 0.3) is 0 Å². The fourth-order valence-corrected chi connectivity index (χ4v) is 4.34. The molecule has 1 aromatic heterocycles. The van der Waals surface area contributed by atoms with Gasteiger partial charge in [0.25, 0.3) is 11.9 Å². The number of alkyl halides is 1. The van der Waals surface area contributed by atoms with Crippen molar-refractivity contribution < 1.29 is 27.8 Å². The van der Waals surface area contributed by atoms with Crippen molar-refractivity contribution in [2.24, 2.45) is 0 Å². The van der Waals surface area contributed by atoms with E-state index < -0.39 is 12.6 Å². The lowest BCUT2D eigenvalue weighted by molar-refractivity contribution is 0.0991. The molecule has 0 radical (unpaired) electrons. The van der Waals surface area contributed by atoms with Gasteiger partial charge in [-0.15, -0.1) is 0 Å². The van der Waals surface area contributed by atoms with E-state index in [1.165, 1.54) is 18.2 Å². The molecule has 34 heavy (non-hydrogen) atoms. The second-order valence-electron chi connectivity index (χ2n) is 9.19. The first-order valence-electron chi connectivity index (χ1n) is 11.3. The summed E-state index contributed by atoms with van der Waals surface area (Å²) in [4.78, 5) is 12.9. The molecule has 4 rings (SSSR count). The van der Waals surface area contributed by atoms with Gasteiger partial charge in [0, 0.05) is 12.1 Å². The van der Waals surface area contributed by atoms with Crippen molar-refractivity contribution in [3.8, 4) is 23.2 Å². The third-order valence-corrected chi connectivity index (χ3v) is 6.24. The number of hydrogen-bond donors (Lipinski definition) is 1. The number of anilines is 1. The number of halogens is 1. The second kappa shape index (κ2) is 9.41. The normalized spacial score (nSPS) is 13.9. The van der Waals surface area contributed by atoms with Gasteiger partial charge in [0.1, 0.15) is 30.5 Å². The van der Waals surface area contributed by atoms with E-state index in [4.69, 9.17) is 18.6 Å². The smallest absolute Gasteiger partial charge is 0.291 e. The van der Waals surface area contributed by atoms with Crippen molar-refractivity contribution in [2.45, 2.75) is 46.0 Å².